The van der Waals surface area contributed by atoms with Crippen LogP contribution in [0.4, 0.5) is 0 Å². The molecule has 9 nitrogen and oxygen atoms in total. The van der Waals surface area contributed by atoms with Gasteiger partial charge in [0.25, 0.3) is 5.91 Å². The topological polar surface area (TPSA) is 119 Å². The second-order valence-corrected chi connectivity index (χ2v) is 9.96. The van der Waals surface area contributed by atoms with Gasteiger partial charge < -0.3 is 29.9 Å². The van der Waals surface area contributed by atoms with Gasteiger partial charge in [-0.05, 0) is 61.7 Å². The summed E-state index contributed by atoms with van der Waals surface area (Å²) < 4.78 is 5.68. The van der Waals surface area contributed by atoms with Gasteiger partial charge in [-0.1, -0.05) is 37.2 Å². The van der Waals surface area contributed by atoms with Crippen molar-refractivity contribution < 1.29 is 24.3 Å². The van der Waals surface area contributed by atoms with E-state index in [0.29, 0.717) is 49.3 Å². The molecule has 1 aromatic heterocycles. The fourth-order valence-electron chi connectivity index (χ4n) is 4.67. The molecule has 37 heavy (non-hydrogen) atoms. The number of rotatable bonds is 7. The van der Waals surface area contributed by atoms with Crippen LogP contribution in [0, 0.1) is 0 Å². The second kappa shape index (κ2) is 10.6. The zero-order chi connectivity index (χ0) is 26.9. The number of fused-ring (bicyclic) bond motifs is 1. The lowest BCUT2D eigenvalue weighted by atomic mass is 9.91. The molecule has 3 N–H and O–H groups in total. The average Bonchev–Trinajstić information content (AvgIpc) is 3.28. The first kappa shape index (κ1) is 26.2. The van der Waals surface area contributed by atoms with Crippen LogP contribution in [0.3, 0.4) is 0 Å². The molecule has 0 radical (unpaired) electrons. The summed E-state index contributed by atoms with van der Waals surface area (Å²) in [6, 6.07) is 8.82. The van der Waals surface area contributed by atoms with Gasteiger partial charge in [-0.3, -0.25) is 9.59 Å². The van der Waals surface area contributed by atoms with E-state index >= 15 is 0 Å². The number of benzene rings is 2. The van der Waals surface area contributed by atoms with Crippen LogP contribution in [-0.2, 0) is 17.8 Å². The van der Waals surface area contributed by atoms with Gasteiger partial charge >= 0.3 is 0 Å². The Balaban J connectivity index is 1.79. The highest BCUT2D eigenvalue weighted by Gasteiger charge is 2.28. The van der Waals surface area contributed by atoms with Crippen molar-refractivity contribution in [1.82, 2.24) is 20.3 Å². The molecule has 0 fully saturated rings. The molecule has 0 atom stereocenters. The van der Waals surface area contributed by atoms with Crippen LogP contribution < -0.4 is 5.32 Å². The Labute approximate surface area is 216 Å². The Hall–Kier alpha value is -3.85. The third kappa shape index (κ3) is 5.32. The van der Waals surface area contributed by atoms with Crippen molar-refractivity contribution in [1.29, 1.82) is 0 Å². The predicted octanol–water partition coefficient (Wildman–Crippen LogP) is 3.74. The number of aromatic hydroxyl groups is 2. The first-order valence-corrected chi connectivity index (χ1v) is 12.5. The smallest absolute Gasteiger partial charge is 0.274 e. The van der Waals surface area contributed by atoms with Crippen molar-refractivity contribution >= 4 is 11.8 Å². The van der Waals surface area contributed by atoms with Gasteiger partial charge in [0.05, 0.1) is 17.7 Å². The molecule has 2 heterocycles. The predicted molar refractivity (Wildman–Crippen MR) is 140 cm³/mol. The lowest BCUT2D eigenvalue weighted by molar-refractivity contribution is -0.132. The number of nitrogens with one attached hydrogen (secondary N) is 1. The number of likely N-dealkylation sites (N-methyl/N-ethyl adjacent to an activating group) is 1. The van der Waals surface area contributed by atoms with Crippen LogP contribution >= 0.6 is 0 Å². The van der Waals surface area contributed by atoms with Gasteiger partial charge in [-0.15, -0.1) is 0 Å². The van der Waals surface area contributed by atoms with Crippen LogP contribution in [0.1, 0.15) is 53.9 Å². The average molecular weight is 507 g/mol. The molecule has 0 aliphatic carbocycles. The molecular formula is C28H34N4O5. The number of nitrogens with zero attached hydrogens (tertiary/aromatic N) is 3. The normalized spacial score (nSPS) is 13.2. The molecule has 0 bridgehead atoms. The van der Waals surface area contributed by atoms with Gasteiger partial charge in [0.2, 0.25) is 5.91 Å². The summed E-state index contributed by atoms with van der Waals surface area (Å²) in [6.07, 6.45) is 0.682. The van der Waals surface area contributed by atoms with Crippen molar-refractivity contribution in [3.8, 4) is 33.9 Å². The molecule has 2 amide bonds. The zero-order valence-electron chi connectivity index (χ0n) is 22.0. The van der Waals surface area contributed by atoms with E-state index in [1.165, 1.54) is 6.07 Å². The minimum atomic E-state index is -0.381. The molecule has 0 saturated carbocycles. The molecule has 1 aliphatic heterocycles. The molecule has 196 valence electrons. The summed E-state index contributed by atoms with van der Waals surface area (Å²) in [7, 11) is 3.75. The number of carbonyl (C=O) groups is 2. The summed E-state index contributed by atoms with van der Waals surface area (Å²) in [5.41, 5.74) is 4.43. The molecule has 1 aliphatic rings. The molecule has 4 rings (SSSR count). The zero-order valence-corrected chi connectivity index (χ0v) is 22.0. The summed E-state index contributed by atoms with van der Waals surface area (Å²) in [4.78, 5) is 29.2. The van der Waals surface area contributed by atoms with Gasteiger partial charge in [0.15, 0.2) is 11.5 Å². The van der Waals surface area contributed by atoms with E-state index in [9.17, 15) is 19.8 Å². The van der Waals surface area contributed by atoms with Crippen LogP contribution in [0.5, 0.6) is 11.5 Å². The number of carbonyl (C=O) groups excluding carboxylic acids is 2. The van der Waals surface area contributed by atoms with Crippen LogP contribution in [0.25, 0.3) is 22.5 Å². The molecule has 0 saturated heterocycles. The van der Waals surface area contributed by atoms with Crippen LogP contribution in [0.2, 0.25) is 0 Å². The van der Waals surface area contributed by atoms with Crippen molar-refractivity contribution in [3.05, 3.63) is 52.7 Å². The fourth-order valence-corrected chi connectivity index (χ4v) is 4.67. The lowest BCUT2D eigenvalue weighted by Crippen LogP contribution is -2.40. The standard InChI is InChI=1S/C28H34N4O5/c1-6-29-28(36)26-25(27(37-30-26)21-12-20(16(2)3)22(33)13-23(21)34)18-7-8-19-14-32(10-9-17(19)11-18)24(35)15-31(4)5/h7-8,11-13,16,33-34H,6,9-10,14-15H2,1-5H3,(H,29,36). The lowest BCUT2D eigenvalue weighted by Gasteiger charge is -2.30. The van der Waals surface area contributed by atoms with E-state index in [0.717, 1.165) is 16.7 Å². The Morgan fingerprint density at radius 2 is 1.89 bits per heavy atom. The Bertz CT molecular complexity index is 1330. The van der Waals surface area contributed by atoms with Crippen molar-refractivity contribution in [2.24, 2.45) is 0 Å². The Kier molecular flexibility index (Phi) is 7.54. The van der Waals surface area contributed by atoms with Crippen molar-refractivity contribution in [2.75, 3.05) is 33.7 Å². The van der Waals surface area contributed by atoms with Crippen LogP contribution in [-0.4, -0.2) is 70.7 Å². The van der Waals surface area contributed by atoms with Gasteiger partial charge in [-0.25, -0.2) is 0 Å². The number of hydrogen-bond acceptors (Lipinski definition) is 7. The van der Waals surface area contributed by atoms with Gasteiger partial charge in [0.1, 0.15) is 11.5 Å². The van der Waals surface area contributed by atoms with E-state index in [1.807, 2.05) is 62.9 Å². The minimum absolute atomic E-state index is 0.00419. The van der Waals surface area contributed by atoms with Gasteiger partial charge in [-0.2, -0.15) is 0 Å². The maximum Gasteiger partial charge on any atom is 0.274 e. The highest BCUT2D eigenvalue weighted by atomic mass is 16.5. The van der Waals surface area contributed by atoms with Crippen molar-refractivity contribution in [3.63, 3.8) is 0 Å². The van der Waals surface area contributed by atoms with Gasteiger partial charge in [0, 0.05) is 25.7 Å². The number of phenolic OH excluding ortho intramolecular Hbond substituents is 2. The van der Waals surface area contributed by atoms with E-state index in [4.69, 9.17) is 4.52 Å². The third-order valence-electron chi connectivity index (χ3n) is 6.57. The summed E-state index contributed by atoms with van der Waals surface area (Å²) in [6.45, 7) is 7.62. The third-order valence-corrected chi connectivity index (χ3v) is 6.57. The second-order valence-electron chi connectivity index (χ2n) is 9.96. The largest absolute Gasteiger partial charge is 0.508 e. The molecule has 0 unspecified atom stereocenters. The summed E-state index contributed by atoms with van der Waals surface area (Å²) >= 11 is 0. The molecule has 3 aromatic rings. The van der Waals surface area contributed by atoms with E-state index in [-0.39, 0.29) is 40.7 Å². The summed E-state index contributed by atoms with van der Waals surface area (Å²) in [5, 5.41) is 27.9. The van der Waals surface area contributed by atoms with Crippen LogP contribution in [0.15, 0.2) is 34.9 Å². The maximum absolute atomic E-state index is 12.9. The Morgan fingerprint density at radius 3 is 2.57 bits per heavy atom. The maximum atomic E-state index is 12.9. The molecule has 2 aromatic carbocycles. The van der Waals surface area contributed by atoms with E-state index < -0.39 is 0 Å². The number of hydrogen-bond donors (Lipinski definition) is 3. The Morgan fingerprint density at radius 1 is 1.14 bits per heavy atom. The monoisotopic (exact) mass is 506 g/mol. The molecule has 0 spiro atoms. The first-order chi connectivity index (χ1) is 17.6. The van der Waals surface area contributed by atoms with E-state index in [1.54, 1.807) is 6.07 Å². The van der Waals surface area contributed by atoms with Crippen molar-refractivity contribution in [2.45, 2.75) is 39.7 Å². The number of aromatic nitrogens is 1. The summed E-state index contributed by atoms with van der Waals surface area (Å²) in [5.74, 6) is -0.232. The number of phenols is 2. The fraction of sp³-hybridized carbons (Fsp3) is 0.393. The molecule has 9 heteroatoms. The van der Waals surface area contributed by atoms with E-state index in [2.05, 4.69) is 10.5 Å². The quantitative estimate of drug-likeness (QED) is 0.447. The highest BCUT2D eigenvalue weighted by Crippen LogP contribution is 2.43. The SMILES string of the molecule is CCNC(=O)c1noc(-c2cc(C(C)C)c(O)cc2O)c1-c1ccc2c(c1)CCN(C(=O)CN(C)C)C2. The minimum Gasteiger partial charge on any atom is -0.508 e. The highest BCUT2D eigenvalue weighted by molar-refractivity contribution is 6.02. The first-order valence-electron chi connectivity index (χ1n) is 12.5. The molecular weight excluding hydrogens is 472 g/mol. The number of amides is 2.